The van der Waals surface area contributed by atoms with Crippen LogP contribution in [0.5, 0.6) is 0 Å². The minimum absolute atomic E-state index is 0.798. The molecule has 2 rings (SSSR count). The predicted octanol–water partition coefficient (Wildman–Crippen LogP) is 3.37. The van der Waals surface area contributed by atoms with Crippen molar-refractivity contribution in [3.63, 3.8) is 0 Å². The maximum Gasteiger partial charge on any atom is 0.0346 e. The maximum atomic E-state index is 5.67. The quantitative estimate of drug-likeness (QED) is 0.765. The number of nitrogens with one attached hydrogen (secondary N) is 1. The molecule has 0 aliphatic rings. The zero-order chi connectivity index (χ0) is 11.4. The van der Waals surface area contributed by atoms with E-state index in [4.69, 9.17) is 5.73 Å². The predicted molar refractivity (Wildman–Crippen MR) is 70.5 cm³/mol. The molecule has 0 spiro atoms. The van der Waals surface area contributed by atoms with Gasteiger partial charge in [-0.2, -0.15) is 0 Å². The fourth-order valence-electron chi connectivity index (χ4n) is 1.69. The average Bonchev–Trinajstić information content (AvgIpc) is 2.31. The van der Waals surface area contributed by atoms with Crippen molar-refractivity contribution >= 4 is 11.4 Å². The zero-order valence-electron chi connectivity index (χ0n) is 9.40. The van der Waals surface area contributed by atoms with Crippen LogP contribution in [0.25, 0.3) is 11.1 Å². The number of benzene rings is 2. The monoisotopic (exact) mass is 212 g/mol. The molecular weight excluding hydrogens is 196 g/mol. The summed E-state index contributed by atoms with van der Waals surface area (Å²) in [5, 5.41) is 3.30. The highest BCUT2D eigenvalue weighted by Crippen LogP contribution is 2.23. The normalized spacial score (nSPS) is 10.1. The molecule has 2 aromatic rings. The largest absolute Gasteiger partial charge is 0.399 e. The molecule has 0 amide bonds. The van der Waals surface area contributed by atoms with Crippen molar-refractivity contribution in [1.82, 2.24) is 0 Å². The highest BCUT2D eigenvalue weighted by Gasteiger charge is 1.98. The molecule has 0 aliphatic carbocycles. The lowest BCUT2D eigenvalue weighted by Crippen LogP contribution is -1.95. The SMILES string of the molecule is CCNc1cccc(-c2ccc(N)cc2)c1. The molecule has 2 heteroatoms. The lowest BCUT2D eigenvalue weighted by atomic mass is 10.0. The van der Waals surface area contributed by atoms with Gasteiger partial charge in [0.05, 0.1) is 0 Å². The van der Waals surface area contributed by atoms with E-state index in [0.717, 1.165) is 17.9 Å². The van der Waals surface area contributed by atoms with Crippen LogP contribution < -0.4 is 11.1 Å². The standard InChI is InChI=1S/C14H16N2/c1-2-16-14-5-3-4-12(10-14)11-6-8-13(15)9-7-11/h3-10,16H,2,15H2,1H3. The Kier molecular flexibility index (Phi) is 3.10. The van der Waals surface area contributed by atoms with Gasteiger partial charge in [0.25, 0.3) is 0 Å². The van der Waals surface area contributed by atoms with Gasteiger partial charge in [0.2, 0.25) is 0 Å². The summed E-state index contributed by atoms with van der Waals surface area (Å²) < 4.78 is 0. The van der Waals surface area contributed by atoms with Crippen LogP contribution in [-0.2, 0) is 0 Å². The Labute approximate surface area is 96.1 Å². The third-order valence-electron chi connectivity index (χ3n) is 2.49. The number of nitrogens with two attached hydrogens (primary N) is 1. The molecule has 82 valence electrons. The Morgan fingerprint density at radius 3 is 2.44 bits per heavy atom. The Bertz CT molecular complexity index is 460. The highest BCUT2D eigenvalue weighted by atomic mass is 14.8. The molecule has 0 aliphatic heterocycles. The van der Waals surface area contributed by atoms with Crippen molar-refractivity contribution in [2.45, 2.75) is 6.92 Å². The Balaban J connectivity index is 2.32. The van der Waals surface area contributed by atoms with Crippen LogP contribution in [-0.4, -0.2) is 6.54 Å². The van der Waals surface area contributed by atoms with E-state index < -0.39 is 0 Å². The fourth-order valence-corrected chi connectivity index (χ4v) is 1.69. The molecule has 0 saturated carbocycles. The second-order valence-electron chi connectivity index (χ2n) is 3.73. The van der Waals surface area contributed by atoms with Gasteiger partial charge in [-0.15, -0.1) is 0 Å². The molecule has 0 unspecified atom stereocenters. The van der Waals surface area contributed by atoms with Gasteiger partial charge in [-0.3, -0.25) is 0 Å². The second kappa shape index (κ2) is 4.71. The Hall–Kier alpha value is -1.96. The van der Waals surface area contributed by atoms with Crippen molar-refractivity contribution < 1.29 is 0 Å². The smallest absolute Gasteiger partial charge is 0.0346 e. The van der Waals surface area contributed by atoms with Gasteiger partial charge in [-0.05, 0) is 42.3 Å². The zero-order valence-corrected chi connectivity index (χ0v) is 9.40. The summed E-state index contributed by atoms with van der Waals surface area (Å²) >= 11 is 0. The van der Waals surface area contributed by atoms with E-state index in [1.54, 1.807) is 0 Å². The van der Waals surface area contributed by atoms with E-state index in [1.807, 2.05) is 24.3 Å². The van der Waals surface area contributed by atoms with Crippen LogP contribution in [0, 0.1) is 0 Å². The third-order valence-corrected chi connectivity index (χ3v) is 2.49. The maximum absolute atomic E-state index is 5.67. The molecule has 16 heavy (non-hydrogen) atoms. The van der Waals surface area contributed by atoms with Gasteiger partial charge in [-0.1, -0.05) is 24.3 Å². The summed E-state index contributed by atoms with van der Waals surface area (Å²) in [6, 6.07) is 16.3. The first kappa shape index (κ1) is 10.6. The summed E-state index contributed by atoms with van der Waals surface area (Å²) in [4.78, 5) is 0. The minimum Gasteiger partial charge on any atom is -0.399 e. The van der Waals surface area contributed by atoms with Crippen molar-refractivity contribution in [2.75, 3.05) is 17.6 Å². The molecule has 3 N–H and O–H groups in total. The van der Waals surface area contributed by atoms with Crippen LogP contribution in [0.4, 0.5) is 11.4 Å². The van der Waals surface area contributed by atoms with E-state index >= 15 is 0 Å². The van der Waals surface area contributed by atoms with Crippen molar-refractivity contribution in [3.8, 4) is 11.1 Å². The van der Waals surface area contributed by atoms with E-state index in [2.05, 4.69) is 36.5 Å². The number of hydrogen-bond donors (Lipinski definition) is 2. The molecule has 0 radical (unpaired) electrons. The summed E-state index contributed by atoms with van der Waals surface area (Å²) in [5.41, 5.74) is 10.0. The highest BCUT2D eigenvalue weighted by molar-refractivity contribution is 5.69. The fraction of sp³-hybridized carbons (Fsp3) is 0.143. The molecule has 0 fully saturated rings. The molecule has 0 atom stereocenters. The van der Waals surface area contributed by atoms with Gasteiger partial charge in [-0.25, -0.2) is 0 Å². The number of anilines is 2. The van der Waals surface area contributed by atoms with Crippen molar-refractivity contribution in [1.29, 1.82) is 0 Å². The molecule has 0 saturated heterocycles. The van der Waals surface area contributed by atoms with Crippen LogP contribution in [0.2, 0.25) is 0 Å². The number of nitrogen functional groups attached to an aromatic ring is 1. The Morgan fingerprint density at radius 1 is 1.00 bits per heavy atom. The first-order chi connectivity index (χ1) is 7.79. The Morgan fingerprint density at radius 2 is 1.75 bits per heavy atom. The molecule has 2 aromatic carbocycles. The summed E-state index contributed by atoms with van der Waals surface area (Å²) in [7, 11) is 0. The number of rotatable bonds is 3. The van der Waals surface area contributed by atoms with Gasteiger partial charge in [0.15, 0.2) is 0 Å². The molecule has 0 heterocycles. The lowest BCUT2D eigenvalue weighted by Gasteiger charge is -2.06. The van der Waals surface area contributed by atoms with E-state index in [0.29, 0.717) is 0 Å². The molecule has 0 aromatic heterocycles. The summed E-state index contributed by atoms with van der Waals surface area (Å²) in [6.07, 6.45) is 0. The average molecular weight is 212 g/mol. The summed E-state index contributed by atoms with van der Waals surface area (Å²) in [5.74, 6) is 0. The summed E-state index contributed by atoms with van der Waals surface area (Å²) in [6.45, 7) is 3.03. The second-order valence-corrected chi connectivity index (χ2v) is 3.73. The lowest BCUT2D eigenvalue weighted by molar-refractivity contribution is 1.21. The van der Waals surface area contributed by atoms with Crippen molar-refractivity contribution in [3.05, 3.63) is 48.5 Å². The van der Waals surface area contributed by atoms with Gasteiger partial charge < -0.3 is 11.1 Å². The topological polar surface area (TPSA) is 38.0 Å². The van der Waals surface area contributed by atoms with Crippen LogP contribution >= 0.6 is 0 Å². The molecule has 0 bridgehead atoms. The van der Waals surface area contributed by atoms with Crippen LogP contribution in [0.3, 0.4) is 0 Å². The van der Waals surface area contributed by atoms with Gasteiger partial charge in [0, 0.05) is 17.9 Å². The van der Waals surface area contributed by atoms with E-state index in [9.17, 15) is 0 Å². The van der Waals surface area contributed by atoms with Crippen LogP contribution in [0.1, 0.15) is 6.92 Å². The first-order valence-electron chi connectivity index (χ1n) is 5.49. The van der Waals surface area contributed by atoms with Gasteiger partial charge in [0.1, 0.15) is 0 Å². The van der Waals surface area contributed by atoms with Crippen molar-refractivity contribution in [2.24, 2.45) is 0 Å². The molecular formula is C14H16N2. The van der Waals surface area contributed by atoms with E-state index in [1.165, 1.54) is 11.1 Å². The number of hydrogen-bond acceptors (Lipinski definition) is 2. The van der Waals surface area contributed by atoms with E-state index in [-0.39, 0.29) is 0 Å². The molecule has 2 nitrogen and oxygen atoms in total. The van der Waals surface area contributed by atoms with Gasteiger partial charge >= 0.3 is 0 Å². The van der Waals surface area contributed by atoms with Crippen LogP contribution in [0.15, 0.2) is 48.5 Å². The third kappa shape index (κ3) is 2.34. The first-order valence-corrected chi connectivity index (χ1v) is 5.49. The minimum atomic E-state index is 0.798.